The first-order chi connectivity index (χ1) is 27.9. The number of unbranched alkanes of at least 4 members (excludes halogenated alkanes) is 33. The van der Waals surface area contributed by atoms with Gasteiger partial charge in [0.1, 0.15) is 13.2 Å². The van der Waals surface area contributed by atoms with E-state index in [4.69, 9.17) is 14.2 Å². The fourth-order valence-corrected chi connectivity index (χ4v) is 7.69. The number of ether oxygens (including phenoxy) is 3. The van der Waals surface area contributed by atoms with Gasteiger partial charge < -0.3 is 14.2 Å². The predicted molar refractivity (Wildman–Crippen MR) is 243 cm³/mol. The SMILES string of the molecule is CCCCCCCCCCCCCCC(=O)OC[C@@H](COC(=O)CCCCCCCCCCCCCCCC(C)C)OC(=O)CCCCCCCCCCCCC. The maximum absolute atomic E-state index is 12.7. The zero-order valence-corrected chi connectivity index (χ0v) is 38.8. The van der Waals surface area contributed by atoms with Gasteiger partial charge >= 0.3 is 17.9 Å². The van der Waals surface area contributed by atoms with E-state index < -0.39 is 6.10 Å². The second-order valence-corrected chi connectivity index (χ2v) is 17.9. The van der Waals surface area contributed by atoms with E-state index in [2.05, 4.69) is 27.7 Å². The van der Waals surface area contributed by atoms with E-state index in [9.17, 15) is 14.4 Å². The Morgan fingerprint density at radius 2 is 0.579 bits per heavy atom. The highest BCUT2D eigenvalue weighted by atomic mass is 16.6. The number of rotatable bonds is 46. The van der Waals surface area contributed by atoms with Gasteiger partial charge in [0.25, 0.3) is 0 Å². The first-order valence-corrected chi connectivity index (χ1v) is 25.4. The van der Waals surface area contributed by atoms with Crippen molar-refractivity contribution in [3.8, 4) is 0 Å². The average Bonchev–Trinajstić information content (AvgIpc) is 3.19. The minimum atomic E-state index is -0.759. The van der Waals surface area contributed by atoms with Crippen LogP contribution in [-0.4, -0.2) is 37.2 Å². The molecule has 0 aliphatic heterocycles. The summed E-state index contributed by atoms with van der Waals surface area (Å²) in [6.07, 6.45) is 46.5. The molecule has 0 unspecified atom stereocenters. The lowest BCUT2D eigenvalue weighted by Crippen LogP contribution is -2.30. The molecule has 0 fully saturated rings. The summed E-state index contributed by atoms with van der Waals surface area (Å²) >= 11 is 0. The average molecular weight is 807 g/mol. The van der Waals surface area contributed by atoms with Crippen LogP contribution in [0, 0.1) is 5.92 Å². The first-order valence-electron chi connectivity index (χ1n) is 25.4. The van der Waals surface area contributed by atoms with Crippen molar-refractivity contribution in [1.82, 2.24) is 0 Å². The number of hydrogen-bond acceptors (Lipinski definition) is 6. The molecule has 0 radical (unpaired) electrons. The van der Waals surface area contributed by atoms with Crippen molar-refractivity contribution in [3.63, 3.8) is 0 Å². The van der Waals surface area contributed by atoms with E-state index in [-0.39, 0.29) is 31.1 Å². The third kappa shape index (κ3) is 45.3. The van der Waals surface area contributed by atoms with Crippen LogP contribution in [0.2, 0.25) is 0 Å². The maximum Gasteiger partial charge on any atom is 0.306 e. The minimum Gasteiger partial charge on any atom is -0.462 e. The van der Waals surface area contributed by atoms with Gasteiger partial charge in [-0.05, 0) is 25.2 Å². The molecule has 6 heteroatoms. The predicted octanol–water partition coefficient (Wildman–Crippen LogP) is 16.3. The molecule has 0 aliphatic rings. The van der Waals surface area contributed by atoms with Gasteiger partial charge in [-0.1, -0.05) is 246 Å². The molecule has 0 saturated heterocycles. The molecule has 338 valence electrons. The molecule has 1 atom stereocenters. The van der Waals surface area contributed by atoms with Gasteiger partial charge in [-0.15, -0.1) is 0 Å². The topological polar surface area (TPSA) is 78.9 Å². The number of carbonyl (C=O) groups excluding carboxylic acids is 3. The van der Waals surface area contributed by atoms with Gasteiger partial charge in [-0.2, -0.15) is 0 Å². The Kier molecular flexibility index (Phi) is 44.2. The van der Waals surface area contributed by atoms with E-state index in [0.717, 1.165) is 63.7 Å². The van der Waals surface area contributed by atoms with Crippen LogP contribution < -0.4 is 0 Å². The van der Waals surface area contributed by atoms with Crippen molar-refractivity contribution in [1.29, 1.82) is 0 Å². The van der Waals surface area contributed by atoms with Crippen LogP contribution in [0.25, 0.3) is 0 Å². The fraction of sp³-hybridized carbons (Fsp3) is 0.941. The molecule has 0 aliphatic carbocycles. The highest BCUT2D eigenvalue weighted by molar-refractivity contribution is 5.71. The van der Waals surface area contributed by atoms with Crippen LogP contribution in [0.5, 0.6) is 0 Å². The van der Waals surface area contributed by atoms with Crippen LogP contribution in [0.4, 0.5) is 0 Å². The standard InChI is InChI=1S/C51H98O6/c1-5-7-9-11-13-15-17-23-26-30-34-38-42-49(52)55-45-48(57-51(54)44-40-36-32-28-21-16-14-12-10-8-6-2)46-56-50(53)43-39-35-31-27-24-20-18-19-22-25-29-33-37-41-47(3)4/h47-48H,5-46H2,1-4H3/t48-/m0/s1. The zero-order chi connectivity index (χ0) is 41.7. The van der Waals surface area contributed by atoms with Crippen molar-refractivity contribution < 1.29 is 28.6 Å². The molecule has 0 spiro atoms. The van der Waals surface area contributed by atoms with Crippen molar-refractivity contribution in [3.05, 3.63) is 0 Å². The van der Waals surface area contributed by atoms with Crippen LogP contribution in [-0.2, 0) is 28.6 Å². The molecule has 0 saturated carbocycles. The highest BCUT2D eigenvalue weighted by Gasteiger charge is 2.19. The van der Waals surface area contributed by atoms with E-state index in [0.29, 0.717) is 19.3 Å². The lowest BCUT2D eigenvalue weighted by molar-refractivity contribution is -0.167. The Hall–Kier alpha value is -1.59. The molecule has 6 nitrogen and oxygen atoms in total. The Bertz CT molecular complexity index is 857. The molecule has 0 heterocycles. The molecule has 0 bridgehead atoms. The molecule has 0 aromatic carbocycles. The van der Waals surface area contributed by atoms with Gasteiger partial charge in [0.2, 0.25) is 0 Å². The summed E-state index contributed by atoms with van der Waals surface area (Å²) in [7, 11) is 0. The third-order valence-corrected chi connectivity index (χ3v) is 11.5. The Morgan fingerprint density at radius 3 is 0.860 bits per heavy atom. The van der Waals surface area contributed by atoms with Gasteiger partial charge in [0.15, 0.2) is 6.10 Å². The van der Waals surface area contributed by atoms with Gasteiger partial charge in [0.05, 0.1) is 0 Å². The minimum absolute atomic E-state index is 0.0628. The fourth-order valence-electron chi connectivity index (χ4n) is 7.69. The van der Waals surface area contributed by atoms with Crippen LogP contribution in [0.1, 0.15) is 285 Å². The second kappa shape index (κ2) is 45.5. The van der Waals surface area contributed by atoms with E-state index >= 15 is 0 Å². The summed E-state index contributed by atoms with van der Waals surface area (Å²) in [5.41, 5.74) is 0. The smallest absolute Gasteiger partial charge is 0.306 e. The first kappa shape index (κ1) is 55.4. The monoisotopic (exact) mass is 807 g/mol. The number of carbonyl (C=O) groups is 3. The molecular formula is C51H98O6. The lowest BCUT2D eigenvalue weighted by atomic mass is 10.0. The summed E-state index contributed by atoms with van der Waals surface area (Å²) in [6, 6.07) is 0. The molecule has 0 aromatic rings. The van der Waals surface area contributed by atoms with E-state index in [1.807, 2.05) is 0 Å². The Balaban J connectivity index is 4.28. The number of esters is 3. The Labute approximate surface area is 355 Å². The summed E-state index contributed by atoms with van der Waals surface area (Å²) < 4.78 is 16.8. The summed E-state index contributed by atoms with van der Waals surface area (Å²) in [5, 5.41) is 0. The summed E-state index contributed by atoms with van der Waals surface area (Å²) in [4.78, 5) is 37.9. The van der Waals surface area contributed by atoms with Crippen molar-refractivity contribution >= 4 is 17.9 Å². The van der Waals surface area contributed by atoms with E-state index in [1.165, 1.54) is 180 Å². The highest BCUT2D eigenvalue weighted by Crippen LogP contribution is 2.17. The van der Waals surface area contributed by atoms with Crippen molar-refractivity contribution in [2.45, 2.75) is 291 Å². The Morgan fingerprint density at radius 1 is 0.333 bits per heavy atom. The quantitative estimate of drug-likeness (QED) is 0.0346. The molecule has 0 amide bonds. The molecule has 0 aromatic heterocycles. The van der Waals surface area contributed by atoms with Gasteiger partial charge in [0, 0.05) is 19.3 Å². The second-order valence-electron chi connectivity index (χ2n) is 17.9. The number of hydrogen-bond donors (Lipinski definition) is 0. The maximum atomic E-state index is 12.7. The van der Waals surface area contributed by atoms with Gasteiger partial charge in [-0.3, -0.25) is 14.4 Å². The lowest BCUT2D eigenvalue weighted by Gasteiger charge is -2.18. The normalized spacial score (nSPS) is 11.9. The van der Waals surface area contributed by atoms with Crippen molar-refractivity contribution in [2.75, 3.05) is 13.2 Å². The van der Waals surface area contributed by atoms with Gasteiger partial charge in [-0.25, -0.2) is 0 Å². The molecule has 0 rings (SSSR count). The van der Waals surface area contributed by atoms with Crippen molar-refractivity contribution in [2.24, 2.45) is 5.92 Å². The molecular weight excluding hydrogens is 709 g/mol. The summed E-state index contributed by atoms with van der Waals surface area (Å²) in [5.74, 6) is -0.00645. The third-order valence-electron chi connectivity index (χ3n) is 11.5. The molecule has 0 N–H and O–H groups in total. The van der Waals surface area contributed by atoms with Crippen LogP contribution in [0.15, 0.2) is 0 Å². The van der Waals surface area contributed by atoms with Crippen LogP contribution >= 0.6 is 0 Å². The summed E-state index contributed by atoms with van der Waals surface area (Å²) in [6.45, 7) is 9.02. The van der Waals surface area contributed by atoms with Crippen LogP contribution in [0.3, 0.4) is 0 Å². The molecule has 57 heavy (non-hydrogen) atoms. The zero-order valence-electron chi connectivity index (χ0n) is 38.8. The largest absolute Gasteiger partial charge is 0.462 e. The van der Waals surface area contributed by atoms with E-state index in [1.54, 1.807) is 0 Å².